The molecule has 0 aliphatic heterocycles. The van der Waals surface area contributed by atoms with Gasteiger partial charge in [0.05, 0.1) is 12.6 Å². The second kappa shape index (κ2) is 7.95. The highest BCUT2D eigenvalue weighted by Gasteiger charge is 2.12. The number of carboxylic acids is 1. The number of rotatable bonds is 8. The average Bonchev–Trinajstić information content (AvgIpc) is 3.01. The van der Waals surface area contributed by atoms with E-state index in [2.05, 4.69) is 23.6 Å². The Kier molecular flexibility index (Phi) is 5.46. The van der Waals surface area contributed by atoms with Crippen LogP contribution in [-0.2, 0) is 11.3 Å². The van der Waals surface area contributed by atoms with E-state index in [9.17, 15) is 4.79 Å². The Morgan fingerprint density at radius 2 is 1.96 bits per heavy atom. The van der Waals surface area contributed by atoms with Crippen molar-refractivity contribution < 1.29 is 19.4 Å². The normalized spacial score (nSPS) is 10.8. The highest BCUT2D eigenvalue weighted by molar-refractivity contribution is 5.91. The number of aliphatic carboxylic acids is 1. The smallest absolute Gasteiger partial charge is 0.341 e. The first-order valence-electron chi connectivity index (χ1n) is 8.74. The van der Waals surface area contributed by atoms with Gasteiger partial charge >= 0.3 is 5.97 Å². The van der Waals surface area contributed by atoms with Gasteiger partial charge in [-0.3, -0.25) is 0 Å². The Hall–Kier alpha value is -2.95. The zero-order valence-electron chi connectivity index (χ0n) is 15.1. The van der Waals surface area contributed by atoms with Gasteiger partial charge in [-0.2, -0.15) is 0 Å². The lowest BCUT2D eigenvalue weighted by Gasteiger charge is -2.07. The predicted molar refractivity (Wildman–Crippen MR) is 102 cm³/mol. The third-order valence-electron chi connectivity index (χ3n) is 4.35. The largest absolute Gasteiger partial charge is 0.497 e. The predicted octanol–water partition coefficient (Wildman–Crippen LogP) is 4.58. The van der Waals surface area contributed by atoms with Crippen molar-refractivity contribution in [3.63, 3.8) is 0 Å². The number of hydrogen-bond donors (Lipinski definition) is 1. The zero-order chi connectivity index (χ0) is 18.5. The van der Waals surface area contributed by atoms with Crippen LogP contribution in [0.2, 0.25) is 0 Å². The van der Waals surface area contributed by atoms with E-state index in [0.29, 0.717) is 5.75 Å². The molecule has 0 fully saturated rings. The van der Waals surface area contributed by atoms with Gasteiger partial charge in [-0.15, -0.1) is 0 Å². The van der Waals surface area contributed by atoms with Gasteiger partial charge in [0.1, 0.15) is 11.5 Å². The molecule has 2 aromatic carbocycles. The van der Waals surface area contributed by atoms with E-state index in [1.165, 1.54) is 0 Å². The minimum Gasteiger partial charge on any atom is -0.497 e. The lowest BCUT2D eigenvalue weighted by Crippen LogP contribution is -2.09. The van der Waals surface area contributed by atoms with Crippen LogP contribution < -0.4 is 9.47 Å². The van der Waals surface area contributed by atoms with Crippen LogP contribution >= 0.6 is 0 Å². The van der Waals surface area contributed by atoms with E-state index < -0.39 is 5.97 Å². The fourth-order valence-electron chi connectivity index (χ4n) is 3.01. The number of fused-ring (bicyclic) bond motifs is 1. The van der Waals surface area contributed by atoms with Gasteiger partial charge in [0.2, 0.25) is 0 Å². The second-order valence-electron chi connectivity index (χ2n) is 6.19. The Morgan fingerprint density at radius 3 is 2.69 bits per heavy atom. The molecule has 5 heteroatoms. The van der Waals surface area contributed by atoms with Gasteiger partial charge in [-0.1, -0.05) is 31.5 Å². The first kappa shape index (κ1) is 17.9. The van der Waals surface area contributed by atoms with Crippen molar-refractivity contribution in [1.82, 2.24) is 4.57 Å². The van der Waals surface area contributed by atoms with Gasteiger partial charge in [0, 0.05) is 18.1 Å². The monoisotopic (exact) mass is 353 g/mol. The number of nitrogens with zero attached hydrogens (tertiary/aromatic N) is 1. The van der Waals surface area contributed by atoms with E-state index >= 15 is 0 Å². The molecule has 0 saturated carbocycles. The number of ether oxygens (including phenoxy) is 2. The summed E-state index contributed by atoms with van der Waals surface area (Å²) >= 11 is 0. The number of benzene rings is 2. The Balaban J connectivity index is 2.04. The highest BCUT2D eigenvalue weighted by atomic mass is 16.5. The third-order valence-corrected chi connectivity index (χ3v) is 4.35. The SMILES string of the molecule is CCCCn1cc(OCC(=O)O)c2cc(-c3cccc(OC)c3)ccc21. The molecule has 136 valence electrons. The van der Waals surface area contributed by atoms with Crippen LogP contribution in [0.15, 0.2) is 48.7 Å². The molecule has 0 aliphatic rings. The molecule has 5 nitrogen and oxygen atoms in total. The highest BCUT2D eigenvalue weighted by Crippen LogP contribution is 2.33. The molecule has 0 aliphatic carbocycles. The minimum absolute atomic E-state index is 0.351. The quantitative estimate of drug-likeness (QED) is 0.644. The van der Waals surface area contributed by atoms with Crippen LogP contribution in [0.1, 0.15) is 19.8 Å². The summed E-state index contributed by atoms with van der Waals surface area (Å²) in [6.45, 7) is 2.67. The Labute approximate surface area is 152 Å². The molecule has 1 heterocycles. The number of hydrogen-bond acceptors (Lipinski definition) is 3. The molecular formula is C21H23NO4. The fraction of sp³-hybridized carbons (Fsp3) is 0.286. The standard InChI is InChI=1S/C21H23NO4/c1-3-4-10-22-13-20(26-14-21(23)24)18-12-16(8-9-19(18)22)15-6-5-7-17(11-15)25-2/h5-9,11-13H,3-4,10,14H2,1-2H3,(H,23,24). The number of unbranched alkanes of at least 4 members (excludes halogenated alkanes) is 1. The second-order valence-corrected chi connectivity index (χ2v) is 6.19. The summed E-state index contributed by atoms with van der Waals surface area (Å²) in [5.41, 5.74) is 3.12. The van der Waals surface area contributed by atoms with Crippen LogP contribution in [0.3, 0.4) is 0 Å². The van der Waals surface area contributed by atoms with E-state index in [1.807, 2.05) is 36.5 Å². The Bertz CT molecular complexity index is 914. The molecule has 1 aromatic heterocycles. The van der Waals surface area contributed by atoms with Gasteiger partial charge in [-0.05, 0) is 41.8 Å². The maximum Gasteiger partial charge on any atom is 0.341 e. The lowest BCUT2D eigenvalue weighted by atomic mass is 10.0. The molecule has 0 saturated heterocycles. The summed E-state index contributed by atoms with van der Waals surface area (Å²) in [7, 11) is 1.65. The van der Waals surface area contributed by atoms with E-state index in [0.717, 1.165) is 47.2 Å². The number of aromatic nitrogens is 1. The molecule has 0 atom stereocenters. The van der Waals surface area contributed by atoms with Crippen LogP contribution in [0.5, 0.6) is 11.5 Å². The molecule has 3 aromatic rings. The summed E-state index contributed by atoms with van der Waals surface area (Å²) in [5, 5.41) is 9.86. The van der Waals surface area contributed by atoms with Crippen molar-refractivity contribution in [2.45, 2.75) is 26.3 Å². The molecule has 0 bridgehead atoms. The van der Waals surface area contributed by atoms with Crippen LogP contribution in [0, 0.1) is 0 Å². The number of carbonyl (C=O) groups is 1. The molecule has 3 rings (SSSR count). The van der Waals surface area contributed by atoms with Crippen molar-refractivity contribution >= 4 is 16.9 Å². The number of carboxylic acid groups (broad SMARTS) is 1. The van der Waals surface area contributed by atoms with Gasteiger partial charge in [0.25, 0.3) is 0 Å². The van der Waals surface area contributed by atoms with Gasteiger partial charge in [0.15, 0.2) is 6.61 Å². The summed E-state index contributed by atoms with van der Waals surface area (Å²) in [6.07, 6.45) is 4.05. The van der Waals surface area contributed by atoms with Crippen molar-refractivity contribution in [3.05, 3.63) is 48.7 Å². The van der Waals surface area contributed by atoms with Crippen molar-refractivity contribution in [1.29, 1.82) is 0 Å². The summed E-state index contributed by atoms with van der Waals surface area (Å²) < 4.78 is 13.0. The summed E-state index contributed by atoms with van der Waals surface area (Å²) in [4.78, 5) is 10.9. The third kappa shape index (κ3) is 3.82. The molecule has 26 heavy (non-hydrogen) atoms. The molecule has 0 amide bonds. The minimum atomic E-state index is -0.983. The zero-order valence-corrected chi connectivity index (χ0v) is 15.1. The number of aryl methyl sites for hydroxylation is 1. The molecule has 1 N–H and O–H groups in total. The molecule has 0 radical (unpaired) electrons. The van der Waals surface area contributed by atoms with E-state index in [4.69, 9.17) is 14.6 Å². The van der Waals surface area contributed by atoms with E-state index in [1.54, 1.807) is 7.11 Å². The van der Waals surface area contributed by atoms with Gasteiger partial charge in [-0.25, -0.2) is 4.79 Å². The first-order chi connectivity index (χ1) is 12.6. The summed E-state index contributed by atoms with van der Waals surface area (Å²) in [5.74, 6) is 0.414. The average molecular weight is 353 g/mol. The maximum atomic E-state index is 10.9. The lowest BCUT2D eigenvalue weighted by molar-refractivity contribution is -0.139. The summed E-state index contributed by atoms with van der Waals surface area (Å²) in [6, 6.07) is 14.0. The Morgan fingerprint density at radius 1 is 1.15 bits per heavy atom. The van der Waals surface area contributed by atoms with Crippen LogP contribution in [0.4, 0.5) is 0 Å². The van der Waals surface area contributed by atoms with E-state index in [-0.39, 0.29) is 6.61 Å². The van der Waals surface area contributed by atoms with Crippen LogP contribution in [0.25, 0.3) is 22.0 Å². The van der Waals surface area contributed by atoms with Crippen molar-refractivity contribution in [2.75, 3.05) is 13.7 Å². The fourth-order valence-corrected chi connectivity index (χ4v) is 3.01. The topological polar surface area (TPSA) is 60.7 Å². The van der Waals surface area contributed by atoms with Crippen molar-refractivity contribution in [2.24, 2.45) is 0 Å². The van der Waals surface area contributed by atoms with Crippen molar-refractivity contribution in [3.8, 4) is 22.6 Å². The number of methoxy groups -OCH3 is 1. The van der Waals surface area contributed by atoms with Crippen LogP contribution in [-0.4, -0.2) is 29.4 Å². The maximum absolute atomic E-state index is 10.9. The molecular weight excluding hydrogens is 330 g/mol. The van der Waals surface area contributed by atoms with Gasteiger partial charge < -0.3 is 19.1 Å². The first-order valence-corrected chi connectivity index (χ1v) is 8.74. The molecule has 0 unspecified atom stereocenters. The molecule has 0 spiro atoms.